The molecular weight excluding hydrogens is 649 g/mol. The van der Waals surface area contributed by atoms with Crippen LogP contribution in [0.2, 0.25) is 0 Å². The predicted octanol–water partition coefficient (Wildman–Crippen LogP) is 11.4. The van der Waals surface area contributed by atoms with Crippen LogP contribution in [-0.4, -0.2) is 29.5 Å². The number of nitrogens with zero attached hydrogens (tertiary/aromatic N) is 6. The Kier molecular flexibility index (Phi) is 6.45. The molecule has 11 aromatic rings. The molecular formula is C47H28N6. The second-order valence-electron chi connectivity index (χ2n) is 13.4. The summed E-state index contributed by atoms with van der Waals surface area (Å²) >= 11 is 0. The Morgan fingerprint density at radius 3 is 1.96 bits per heavy atom. The molecule has 6 heteroatoms. The van der Waals surface area contributed by atoms with E-state index in [2.05, 4.69) is 131 Å². The molecule has 11 rings (SSSR count). The van der Waals surface area contributed by atoms with E-state index in [1.807, 2.05) is 49.2 Å². The van der Waals surface area contributed by atoms with Gasteiger partial charge in [0.05, 0.1) is 33.5 Å². The Hall–Kier alpha value is -7.31. The number of benzene rings is 5. The van der Waals surface area contributed by atoms with Crippen LogP contribution in [0.1, 0.15) is 0 Å². The summed E-state index contributed by atoms with van der Waals surface area (Å²) in [5.74, 6) is 0.853. The highest BCUT2D eigenvalue weighted by atomic mass is 15.1. The van der Waals surface area contributed by atoms with Gasteiger partial charge in [-0.1, -0.05) is 72.8 Å². The monoisotopic (exact) mass is 676 g/mol. The van der Waals surface area contributed by atoms with Crippen molar-refractivity contribution in [2.45, 2.75) is 0 Å². The van der Waals surface area contributed by atoms with Crippen molar-refractivity contribution in [1.82, 2.24) is 29.5 Å². The van der Waals surface area contributed by atoms with Crippen molar-refractivity contribution in [2.24, 2.45) is 0 Å². The van der Waals surface area contributed by atoms with Crippen molar-refractivity contribution in [2.75, 3.05) is 0 Å². The molecule has 6 heterocycles. The summed E-state index contributed by atoms with van der Waals surface area (Å²) in [6, 6.07) is 48.9. The average Bonchev–Trinajstić information content (AvgIpc) is 3.57. The second kappa shape index (κ2) is 11.6. The minimum atomic E-state index is 0.853. The van der Waals surface area contributed by atoms with Gasteiger partial charge in [-0.05, 0) is 88.5 Å². The zero-order chi connectivity index (χ0) is 34.9. The number of aromatic nitrogens is 6. The number of hydrogen-bond donors (Lipinski definition) is 0. The lowest BCUT2D eigenvalue weighted by Gasteiger charge is -2.11. The molecule has 0 spiro atoms. The third kappa shape index (κ3) is 4.63. The van der Waals surface area contributed by atoms with Crippen LogP contribution in [0.3, 0.4) is 0 Å². The average molecular weight is 677 g/mol. The van der Waals surface area contributed by atoms with Gasteiger partial charge < -0.3 is 0 Å². The van der Waals surface area contributed by atoms with Crippen molar-refractivity contribution in [3.63, 3.8) is 0 Å². The summed E-state index contributed by atoms with van der Waals surface area (Å²) in [7, 11) is 0. The van der Waals surface area contributed by atoms with Crippen LogP contribution in [0.4, 0.5) is 0 Å². The minimum absolute atomic E-state index is 0.853. The first kappa shape index (κ1) is 29.4. The van der Waals surface area contributed by atoms with E-state index in [0.717, 1.165) is 88.5 Å². The van der Waals surface area contributed by atoms with Crippen molar-refractivity contribution in [1.29, 1.82) is 0 Å². The van der Waals surface area contributed by atoms with Gasteiger partial charge in [0.1, 0.15) is 5.82 Å². The second-order valence-corrected chi connectivity index (χ2v) is 13.4. The smallest absolute Gasteiger partial charge is 0.137 e. The standard InChI is InChI=1S/C47H28N6/c1-3-10-35-29(7-1)14-19-42-44(35)39-25-31(40-17-13-34(28-51-40)45-36-11-4-2-8-30(36)21-24-50-45)15-18-41(39)53(42)43-20-16-33(27-52-43)38-26-32-9-5-22-48-46(32)47-37(38)12-6-23-49-47/h1-28H. The van der Waals surface area contributed by atoms with Crippen LogP contribution < -0.4 is 0 Å². The fourth-order valence-electron chi connectivity index (χ4n) is 7.94. The van der Waals surface area contributed by atoms with Gasteiger partial charge in [0.2, 0.25) is 0 Å². The molecule has 5 aromatic carbocycles. The molecule has 0 atom stereocenters. The summed E-state index contributed by atoms with van der Waals surface area (Å²) in [6.07, 6.45) is 9.42. The lowest BCUT2D eigenvalue weighted by Crippen LogP contribution is -1.97. The molecule has 6 aromatic heterocycles. The summed E-state index contributed by atoms with van der Waals surface area (Å²) in [6.45, 7) is 0. The van der Waals surface area contributed by atoms with Gasteiger partial charge >= 0.3 is 0 Å². The van der Waals surface area contributed by atoms with E-state index in [4.69, 9.17) is 19.9 Å². The molecule has 0 aliphatic rings. The Morgan fingerprint density at radius 2 is 1.11 bits per heavy atom. The SMILES string of the molecule is c1ccc2c(-c3ccc(-c4ccc5c(c4)c4c6ccccc6ccc4n5-c4ccc(-c5cc6cccnc6c6ncccc56)cn4)nc3)nccc2c1. The molecule has 6 nitrogen and oxygen atoms in total. The van der Waals surface area contributed by atoms with Crippen LogP contribution >= 0.6 is 0 Å². The maximum Gasteiger partial charge on any atom is 0.137 e. The van der Waals surface area contributed by atoms with Crippen molar-refractivity contribution in [3.8, 4) is 39.5 Å². The minimum Gasteiger partial charge on any atom is -0.294 e. The van der Waals surface area contributed by atoms with E-state index in [0.29, 0.717) is 0 Å². The van der Waals surface area contributed by atoms with Gasteiger partial charge in [0.15, 0.2) is 0 Å². The Labute approximate surface area is 303 Å². The number of pyridine rings is 5. The fourth-order valence-corrected chi connectivity index (χ4v) is 7.94. The van der Waals surface area contributed by atoms with Crippen LogP contribution in [0.25, 0.3) is 105 Å². The summed E-state index contributed by atoms with van der Waals surface area (Å²) in [5, 5.41) is 9.14. The van der Waals surface area contributed by atoms with Gasteiger partial charge in [-0.25, -0.2) is 4.98 Å². The van der Waals surface area contributed by atoms with E-state index in [1.54, 1.807) is 0 Å². The molecule has 0 saturated heterocycles. The largest absolute Gasteiger partial charge is 0.294 e. The van der Waals surface area contributed by atoms with Gasteiger partial charge in [0, 0.05) is 74.6 Å². The third-order valence-electron chi connectivity index (χ3n) is 10.4. The molecule has 0 unspecified atom stereocenters. The Morgan fingerprint density at radius 1 is 0.396 bits per heavy atom. The van der Waals surface area contributed by atoms with Gasteiger partial charge in [-0.3, -0.25) is 24.5 Å². The van der Waals surface area contributed by atoms with Crippen molar-refractivity contribution >= 4 is 65.2 Å². The molecule has 0 fully saturated rings. The van der Waals surface area contributed by atoms with Crippen LogP contribution in [0.15, 0.2) is 171 Å². The first-order valence-corrected chi connectivity index (χ1v) is 17.6. The van der Waals surface area contributed by atoms with E-state index < -0.39 is 0 Å². The van der Waals surface area contributed by atoms with Gasteiger partial charge in [0.25, 0.3) is 0 Å². The molecule has 0 radical (unpaired) electrons. The highest BCUT2D eigenvalue weighted by Crippen LogP contribution is 2.39. The topological polar surface area (TPSA) is 69.4 Å². The van der Waals surface area contributed by atoms with Gasteiger partial charge in [-0.2, -0.15) is 0 Å². The fraction of sp³-hybridized carbons (Fsp3) is 0. The molecule has 0 aliphatic carbocycles. The highest BCUT2D eigenvalue weighted by molar-refractivity contribution is 6.22. The van der Waals surface area contributed by atoms with E-state index >= 15 is 0 Å². The van der Waals surface area contributed by atoms with E-state index in [9.17, 15) is 0 Å². The number of hydrogen-bond acceptors (Lipinski definition) is 5. The molecule has 0 saturated carbocycles. The zero-order valence-corrected chi connectivity index (χ0v) is 28.3. The van der Waals surface area contributed by atoms with Crippen LogP contribution in [0.5, 0.6) is 0 Å². The number of fused-ring (bicyclic) bond motifs is 9. The molecule has 0 aliphatic heterocycles. The highest BCUT2D eigenvalue weighted by Gasteiger charge is 2.18. The maximum absolute atomic E-state index is 5.11. The maximum atomic E-state index is 5.11. The lowest BCUT2D eigenvalue weighted by molar-refractivity contribution is 1.08. The third-order valence-corrected chi connectivity index (χ3v) is 10.4. The van der Waals surface area contributed by atoms with Crippen LogP contribution in [0, 0.1) is 0 Å². The Balaban J connectivity index is 1.05. The first-order valence-electron chi connectivity index (χ1n) is 17.6. The van der Waals surface area contributed by atoms with Crippen molar-refractivity contribution < 1.29 is 0 Å². The first-order chi connectivity index (χ1) is 26.3. The summed E-state index contributed by atoms with van der Waals surface area (Å²) < 4.78 is 2.28. The summed E-state index contributed by atoms with van der Waals surface area (Å²) in [5.41, 5.74) is 9.99. The molecule has 0 N–H and O–H groups in total. The Bertz CT molecular complexity index is 3210. The predicted molar refractivity (Wildman–Crippen MR) is 216 cm³/mol. The lowest BCUT2D eigenvalue weighted by atomic mass is 9.99. The molecule has 0 amide bonds. The van der Waals surface area contributed by atoms with E-state index in [1.165, 1.54) is 16.2 Å². The summed E-state index contributed by atoms with van der Waals surface area (Å²) in [4.78, 5) is 24.1. The van der Waals surface area contributed by atoms with Crippen LogP contribution in [-0.2, 0) is 0 Å². The van der Waals surface area contributed by atoms with E-state index in [-0.39, 0.29) is 0 Å². The van der Waals surface area contributed by atoms with Crippen molar-refractivity contribution in [3.05, 3.63) is 171 Å². The number of rotatable bonds is 4. The zero-order valence-electron chi connectivity index (χ0n) is 28.3. The molecule has 53 heavy (non-hydrogen) atoms. The quantitative estimate of drug-likeness (QED) is 0.174. The molecule has 0 bridgehead atoms. The normalized spacial score (nSPS) is 11.8. The van der Waals surface area contributed by atoms with Gasteiger partial charge in [-0.15, -0.1) is 0 Å². The molecule has 246 valence electrons.